The zero-order valence-electron chi connectivity index (χ0n) is 12.5. The van der Waals surface area contributed by atoms with Crippen molar-refractivity contribution in [2.75, 3.05) is 5.32 Å². The maximum Gasteiger partial charge on any atom is 0.228 e. The lowest BCUT2D eigenvalue weighted by Gasteiger charge is -2.06. The summed E-state index contributed by atoms with van der Waals surface area (Å²) in [6.45, 7) is 0.497. The van der Waals surface area contributed by atoms with Crippen LogP contribution in [-0.2, 0) is 16.1 Å². The molecule has 1 aliphatic carbocycles. The fraction of sp³-hybridized carbons (Fsp3) is 0.222. The quantitative estimate of drug-likeness (QED) is 0.845. The van der Waals surface area contributed by atoms with E-state index in [2.05, 4.69) is 26.6 Å². The molecule has 2 aromatic rings. The summed E-state index contributed by atoms with van der Waals surface area (Å²) in [7, 11) is 0. The van der Waals surface area contributed by atoms with Crippen LogP contribution in [0.15, 0.2) is 59.1 Å². The molecule has 3 rings (SSSR count). The summed E-state index contributed by atoms with van der Waals surface area (Å²) in [5.74, 6) is -0.583. The molecule has 0 aliphatic heterocycles. The van der Waals surface area contributed by atoms with Crippen LogP contribution in [-0.4, -0.2) is 11.8 Å². The zero-order chi connectivity index (χ0) is 16.2. The second-order valence-electron chi connectivity index (χ2n) is 5.65. The standard InChI is InChI=1S/C18H17BrN2O2/c19-13-6-8-14(9-7-13)21-18(23)16-10-15(16)17(22)20-11-12-4-2-1-3-5-12/h1-9,15-16H,10-11H2,(H,20,22)(H,21,23). The van der Waals surface area contributed by atoms with E-state index in [9.17, 15) is 9.59 Å². The molecule has 1 saturated carbocycles. The largest absolute Gasteiger partial charge is 0.352 e. The van der Waals surface area contributed by atoms with Gasteiger partial charge in [0.1, 0.15) is 0 Å². The third-order valence-electron chi connectivity index (χ3n) is 3.89. The molecule has 0 radical (unpaired) electrons. The highest BCUT2D eigenvalue weighted by molar-refractivity contribution is 9.10. The van der Waals surface area contributed by atoms with Crippen LogP contribution in [0.4, 0.5) is 5.69 Å². The molecule has 2 unspecified atom stereocenters. The predicted octanol–water partition coefficient (Wildman–Crippen LogP) is 3.34. The molecule has 0 saturated heterocycles. The van der Waals surface area contributed by atoms with Crippen molar-refractivity contribution >= 4 is 33.4 Å². The average Bonchev–Trinajstić information content (AvgIpc) is 3.36. The lowest BCUT2D eigenvalue weighted by Crippen LogP contribution is -2.27. The van der Waals surface area contributed by atoms with Crippen LogP contribution in [0, 0.1) is 11.8 Å². The van der Waals surface area contributed by atoms with Crippen molar-refractivity contribution < 1.29 is 9.59 Å². The average molecular weight is 373 g/mol. The molecule has 2 amide bonds. The number of benzene rings is 2. The van der Waals surface area contributed by atoms with E-state index in [0.29, 0.717) is 13.0 Å². The highest BCUT2D eigenvalue weighted by Gasteiger charge is 2.47. The number of rotatable bonds is 5. The molecule has 23 heavy (non-hydrogen) atoms. The van der Waals surface area contributed by atoms with Crippen LogP contribution in [0.3, 0.4) is 0 Å². The third kappa shape index (κ3) is 4.20. The van der Waals surface area contributed by atoms with Gasteiger partial charge in [0.25, 0.3) is 0 Å². The van der Waals surface area contributed by atoms with Crippen LogP contribution in [0.25, 0.3) is 0 Å². The first-order chi connectivity index (χ1) is 11.1. The number of hydrogen-bond donors (Lipinski definition) is 2. The maximum atomic E-state index is 12.1. The van der Waals surface area contributed by atoms with Gasteiger partial charge >= 0.3 is 0 Å². The molecule has 2 aromatic carbocycles. The summed E-state index contributed by atoms with van der Waals surface area (Å²) in [6, 6.07) is 17.1. The van der Waals surface area contributed by atoms with Gasteiger partial charge < -0.3 is 10.6 Å². The Labute approximate surface area is 143 Å². The first-order valence-electron chi connectivity index (χ1n) is 7.51. The summed E-state index contributed by atoms with van der Waals surface area (Å²) in [4.78, 5) is 24.2. The van der Waals surface area contributed by atoms with Crippen LogP contribution >= 0.6 is 15.9 Å². The van der Waals surface area contributed by atoms with Crippen LogP contribution in [0.1, 0.15) is 12.0 Å². The molecule has 2 N–H and O–H groups in total. The molecule has 0 bridgehead atoms. The van der Waals surface area contributed by atoms with Gasteiger partial charge in [-0.15, -0.1) is 0 Å². The van der Waals surface area contributed by atoms with Crippen molar-refractivity contribution in [3.05, 3.63) is 64.6 Å². The van der Waals surface area contributed by atoms with Gasteiger partial charge in [-0.1, -0.05) is 46.3 Å². The van der Waals surface area contributed by atoms with Crippen molar-refractivity contribution in [1.82, 2.24) is 5.32 Å². The highest BCUT2D eigenvalue weighted by atomic mass is 79.9. The zero-order valence-corrected chi connectivity index (χ0v) is 14.0. The van der Waals surface area contributed by atoms with Crippen LogP contribution < -0.4 is 10.6 Å². The number of halogens is 1. The van der Waals surface area contributed by atoms with E-state index in [4.69, 9.17) is 0 Å². The second-order valence-corrected chi connectivity index (χ2v) is 6.56. The fourth-order valence-electron chi connectivity index (χ4n) is 2.46. The first kappa shape index (κ1) is 15.7. The second kappa shape index (κ2) is 6.96. The van der Waals surface area contributed by atoms with E-state index in [1.165, 1.54) is 0 Å². The number of nitrogens with one attached hydrogen (secondary N) is 2. The molecule has 4 nitrogen and oxygen atoms in total. The molecule has 1 aliphatic rings. The van der Waals surface area contributed by atoms with Crippen molar-refractivity contribution in [2.24, 2.45) is 11.8 Å². The normalized spacial score (nSPS) is 19.0. The topological polar surface area (TPSA) is 58.2 Å². The molecule has 5 heteroatoms. The summed E-state index contributed by atoms with van der Waals surface area (Å²) in [5.41, 5.74) is 1.80. The van der Waals surface area contributed by atoms with Crippen molar-refractivity contribution in [1.29, 1.82) is 0 Å². The first-order valence-corrected chi connectivity index (χ1v) is 8.31. The summed E-state index contributed by atoms with van der Waals surface area (Å²) in [6.07, 6.45) is 0.614. The van der Waals surface area contributed by atoms with Gasteiger partial charge in [0.05, 0.1) is 11.8 Å². The minimum Gasteiger partial charge on any atom is -0.352 e. The Balaban J connectivity index is 1.47. The van der Waals surface area contributed by atoms with Gasteiger partial charge in [-0.2, -0.15) is 0 Å². The Kier molecular flexibility index (Phi) is 4.76. The van der Waals surface area contributed by atoms with Gasteiger partial charge in [-0.25, -0.2) is 0 Å². The van der Waals surface area contributed by atoms with Crippen molar-refractivity contribution in [2.45, 2.75) is 13.0 Å². The Morgan fingerprint density at radius 1 is 0.957 bits per heavy atom. The number of carbonyl (C=O) groups is 2. The van der Waals surface area contributed by atoms with Gasteiger partial charge in [0, 0.05) is 16.7 Å². The van der Waals surface area contributed by atoms with Gasteiger partial charge in [-0.05, 0) is 36.2 Å². The minimum absolute atomic E-state index is 0.0511. The smallest absolute Gasteiger partial charge is 0.228 e. The number of anilines is 1. The van der Waals surface area contributed by atoms with E-state index in [0.717, 1.165) is 15.7 Å². The van der Waals surface area contributed by atoms with Gasteiger partial charge in [0.15, 0.2) is 0 Å². The Morgan fingerprint density at radius 3 is 2.30 bits per heavy atom. The Hall–Kier alpha value is -2.14. The lowest BCUT2D eigenvalue weighted by molar-refractivity contribution is -0.125. The monoisotopic (exact) mass is 372 g/mol. The van der Waals surface area contributed by atoms with Crippen LogP contribution in [0.2, 0.25) is 0 Å². The molecular formula is C18H17BrN2O2. The summed E-state index contributed by atoms with van der Waals surface area (Å²) in [5, 5.41) is 5.74. The minimum atomic E-state index is -0.227. The van der Waals surface area contributed by atoms with E-state index in [1.54, 1.807) is 0 Å². The highest BCUT2D eigenvalue weighted by Crippen LogP contribution is 2.39. The predicted molar refractivity (Wildman–Crippen MR) is 92.7 cm³/mol. The summed E-state index contributed by atoms with van der Waals surface area (Å²) < 4.78 is 0.958. The SMILES string of the molecule is O=C(NCc1ccccc1)C1CC1C(=O)Nc1ccc(Br)cc1. The van der Waals surface area contributed by atoms with Crippen molar-refractivity contribution in [3.8, 4) is 0 Å². The van der Waals surface area contributed by atoms with E-state index >= 15 is 0 Å². The molecular weight excluding hydrogens is 356 g/mol. The summed E-state index contributed by atoms with van der Waals surface area (Å²) >= 11 is 3.35. The third-order valence-corrected chi connectivity index (χ3v) is 4.41. The van der Waals surface area contributed by atoms with Crippen LogP contribution in [0.5, 0.6) is 0 Å². The Bertz CT molecular complexity index is 701. The fourth-order valence-corrected chi connectivity index (χ4v) is 2.72. The molecule has 2 atom stereocenters. The molecule has 1 fully saturated rings. The molecule has 0 aromatic heterocycles. The van der Waals surface area contributed by atoms with Crippen molar-refractivity contribution in [3.63, 3.8) is 0 Å². The molecule has 118 valence electrons. The number of hydrogen-bond acceptors (Lipinski definition) is 2. The van der Waals surface area contributed by atoms with Gasteiger partial charge in [0.2, 0.25) is 11.8 Å². The lowest BCUT2D eigenvalue weighted by atomic mass is 10.2. The number of carbonyl (C=O) groups excluding carboxylic acids is 2. The van der Waals surface area contributed by atoms with E-state index in [1.807, 2.05) is 54.6 Å². The Morgan fingerprint density at radius 2 is 1.61 bits per heavy atom. The van der Waals surface area contributed by atoms with E-state index < -0.39 is 0 Å². The van der Waals surface area contributed by atoms with Gasteiger partial charge in [-0.3, -0.25) is 9.59 Å². The molecule has 0 heterocycles. The molecule has 0 spiro atoms. The number of amides is 2. The maximum absolute atomic E-state index is 12.1. The van der Waals surface area contributed by atoms with E-state index in [-0.39, 0.29) is 23.7 Å².